The topological polar surface area (TPSA) is 42.0 Å². The van der Waals surface area contributed by atoms with Crippen LogP contribution in [-0.4, -0.2) is 10.9 Å². The van der Waals surface area contributed by atoms with Crippen LogP contribution in [0.3, 0.4) is 0 Å². The molecule has 0 atom stereocenters. The first-order valence-corrected chi connectivity index (χ1v) is 6.08. The van der Waals surface area contributed by atoms with E-state index in [0.717, 1.165) is 6.20 Å². The molecule has 0 unspecified atom stereocenters. The van der Waals surface area contributed by atoms with Gasteiger partial charge in [0, 0.05) is 6.20 Å². The van der Waals surface area contributed by atoms with E-state index in [1.807, 2.05) is 0 Å². The van der Waals surface area contributed by atoms with Gasteiger partial charge in [0.1, 0.15) is 5.82 Å². The highest BCUT2D eigenvalue weighted by Crippen LogP contribution is 2.26. The number of halogens is 2. The first-order chi connectivity index (χ1) is 9.41. The van der Waals surface area contributed by atoms with E-state index in [1.165, 1.54) is 30.5 Å². The molecule has 2 rings (SSSR count). The number of nitrogens with zero attached hydrogens (tertiary/aromatic N) is 1. The molecule has 104 valence electrons. The van der Waals surface area contributed by atoms with Gasteiger partial charge in [-0.15, -0.1) is 0 Å². The number of hydrogen-bond acceptors (Lipinski definition) is 2. The summed E-state index contributed by atoms with van der Waals surface area (Å²) in [6, 6.07) is 7.16. The maximum absolute atomic E-state index is 13.5. The van der Waals surface area contributed by atoms with Crippen molar-refractivity contribution in [2.75, 3.05) is 5.32 Å². The molecule has 1 N–H and O–H groups in total. The van der Waals surface area contributed by atoms with Gasteiger partial charge in [0.05, 0.1) is 17.3 Å². The van der Waals surface area contributed by atoms with Gasteiger partial charge in [0.25, 0.3) is 0 Å². The Hall–Kier alpha value is -2.30. The number of hydrogen-bond donors (Lipinski definition) is 1. The third kappa shape index (κ3) is 2.82. The fourth-order valence-corrected chi connectivity index (χ4v) is 1.76. The molecule has 1 aromatic heterocycles. The second-order valence-corrected chi connectivity index (χ2v) is 4.94. The molecule has 2 aromatic rings. The number of rotatable bonds is 3. The minimum Gasteiger partial charge on any atom is -0.323 e. The van der Waals surface area contributed by atoms with E-state index in [4.69, 9.17) is 0 Å². The number of aromatic nitrogens is 1. The average molecular weight is 276 g/mol. The molecule has 0 saturated carbocycles. The van der Waals surface area contributed by atoms with Gasteiger partial charge in [0.15, 0.2) is 5.82 Å². The Kier molecular flexibility index (Phi) is 3.79. The lowest BCUT2D eigenvalue weighted by atomic mass is 9.83. The first-order valence-electron chi connectivity index (χ1n) is 6.08. The van der Waals surface area contributed by atoms with Crippen LogP contribution >= 0.6 is 0 Å². The fourth-order valence-electron chi connectivity index (χ4n) is 1.76. The minimum atomic E-state index is -0.988. The minimum absolute atomic E-state index is 0.0504. The third-order valence-electron chi connectivity index (χ3n) is 3.13. The van der Waals surface area contributed by atoms with E-state index in [1.54, 1.807) is 19.9 Å². The van der Waals surface area contributed by atoms with Crippen LogP contribution in [-0.2, 0) is 10.2 Å². The standard InChI is InChI=1S/C15H14F2N2O/c1-15(2,10-4-3-5-11(16)8-10)14(20)19-13-6-7-18-9-12(13)17/h3-9H,1-2H3,(H,18,19,20). The molecule has 3 nitrogen and oxygen atoms in total. The number of nitrogens with one attached hydrogen (secondary N) is 1. The summed E-state index contributed by atoms with van der Waals surface area (Å²) in [6.45, 7) is 3.30. The zero-order valence-electron chi connectivity index (χ0n) is 11.2. The van der Waals surface area contributed by atoms with Gasteiger partial charge in [-0.25, -0.2) is 8.78 Å². The summed E-state index contributed by atoms with van der Waals surface area (Å²) in [5.74, 6) is -1.46. The van der Waals surface area contributed by atoms with Gasteiger partial charge in [-0.05, 0) is 37.6 Å². The van der Waals surface area contributed by atoms with Gasteiger partial charge in [-0.3, -0.25) is 9.78 Å². The van der Waals surface area contributed by atoms with Crippen LogP contribution in [0, 0.1) is 11.6 Å². The van der Waals surface area contributed by atoms with Crippen LogP contribution in [0.25, 0.3) is 0 Å². The van der Waals surface area contributed by atoms with Crippen molar-refractivity contribution in [1.82, 2.24) is 4.98 Å². The lowest BCUT2D eigenvalue weighted by molar-refractivity contribution is -0.120. The zero-order valence-corrected chi connectivity index (χ0v) is 11.2. The molecule has 0 aliphatic heterocycles. The largest absolute Gasteiger partial charge is 0.323 e. The Morgan fingerprint density at radius 3 is 2.65 bits per heavy atom. The molecule has 20 heavy (non-hydrogen) atoms. The summed E-state index contributed by atoms with van der Waals surface area (Å²) >= 11 is 0. The molecular weight excluding hydrogens is 262 g/mol. The molecule has 0 bridgehead atoms. The number of anilines is 1. The molecule has 1 amide bonds. The molecule has 0 radical (unpaired) electrons. The highest BCUT2D eigenvalue weighted by Gasteiger charge is 2.30. The van der Waals surface area contributed by atoms with Crippen LogP contribution in [0.5, 0.6) is 0 Å². The average Bonchev–Trinajstić information content (AvgIpc) is 2.41. The molecular formula is C15H14F2N2O. The molecule has 0 aliphatic carbocycles. The molecule has 1 heterocycles. The summed E-state index contributed by atoms with van der Waals surface area (Å²) in [5, 5.41) is 2.49. The number of pyridine rings is 1. The maximum atomic E-state index is 13.5. The number of benzene rings is 1. The van der Waals surface area contributed by atoms with Crippen molar-refractivity contribution in [3.8, 4) is 0 Å². The number of carbonyl (C=O) groups is 1. The van der Waals surface area contributed by atoms with Crippen LogP contribution in [0.1, 0.15) is 19.4 Å². The van der Waals surface area contributed by atoms with E-state index < -0.39 is 23.0 Å². The van der Waals surface area contributed by atoms with Gasteiger partial charge in [-0.1, -0.05) is 12.1 Å². The Morgan fingerprint density at radius 1 is 1.25 bits per heavy atom. The highest BCUT2D eigenvalue weighted by atomic mass is 19.1. The summed E-state index contributed by atoms with van der Waals surface area (Å²) in [4.78, 5) is 15.9. The monoisotopic (exact) mass is 276 g/mol. The lowest BCUT2D eigenvalue weighted by Crippen LogP contribution is -2.35. The van der Waals surface area contributed by atoms with Gasteiger partial charge < -0.3 is 5.32 Å². The Labute approximate surface area is 115 Å². The molecule has 0 fully saturated rings. The predicted molar refractivity (Wildman–Crippen MR) is 72.3 cm³/mol. The molecule has 1 aromatic carbocycles. The van der Waals surface area contributed by atoms with Crippen molar-refractivity contribution in [2.24, 2.45) is 0 Å². The maximum Gasteiger partial charge on any atom is 0.234 e. The van der Waals surface area contributed by atoms with Crippen molar-refractivity contribution >= 4 is 11.6 Å². The van der Waals surface area contributed by atoms with Crippen molar-refractivity contribution in [3.63, 3.8) is 0 Å². The second-order valence-electron chi connectivity index (χ2n) is 4.94. The van der Waals surface area contributed by atoms with Crippen molar-refractivity contribution in [1.29, 1.82) is 0 Å². The Balaban J connectivity index is 2.26. The van der Waals surface area contributed by atoms with E-state index in [9.17, 15) is 13.6 Å². The third-order valence-corrected chi connectivity index (χ3v) is 3.13. The Morgan fingerprint density at radius 2 is 2.00 bits per heavy atom. The smallest absolute Gasteiger partial charge is 0.234 e. The molecule has 0 saturated heterocycles. The molecule has 0 spiro atoms. The van der Waals surface area contributed by atoms with Crippen LogP contribution in [0.15, 0.2) is 42.7 Å². The quantitative estimate of drug-likeness (QED) is 0.934. The fraction of sp³-hybridized carbons (Fsp3) is 0.200. The van der Waals surface area contributed by atoms with Crippen molar-refractivity contribution in [3.05, 3.63) is 59.9 Å². The van der Waals surface area contributed by atoms with Crippen molar-refractivity contribution in [2.45, 2.75) is 19.3 Å². The van der Waals surface area contributed by atoms with Crippen LogP contribution in [0.4, 0.5) is 14.5 Å². The van der Waals surface area contributed by atoms with Gasteiger partial charge in [0.2, 0.25) is 5.91 Å². The molecule has 0 aliphatic rings. The van der Waals surface area contributed by atoms with E-state index in [0.29, 0.717) is 5.56 Å². The lowest BCUT2D eigenvalue weighted by Gasteiger charge is -2.24. The van der Waals surface area contributed by atoms with Crippen LogP contribution < -0.4 is 5.32 Å². The first kappa shape index (κ1) is 14.1. The highest BCUT2D eigenvalue weighted by molar-refractivity contribution is 5.98. The molecule has 5 heteroatoms. The summed E-state index contributed by atoms with van der Waals surface area (Å²) < 4.78 is 26.7. The van der Waals surface area contributed by atoms with Gasteiger partial charge >= 0.3 is 0 Å². The normalized spacial score (nSPS) is 11.2. The summed E-state index contributed by atoms with van der Waals surface area (Å²) in [6.07, 6.45) is 2.40. The van der Waals surface area contributed by atoms with E-state index in [2.05, 4.69) is 10.3 Å². The van der Waals surface area contributed by atoms with E-state index >= 15 is 0 Å². The van der Waals surface area contributed by atoms with E-state index in [-0.39, 0.29) is 5.69 Å². The Bertz CT molecular complexity index is 641. The predicted octanol–water partition coefficient (Wildman–Crippen LogP) is 3.28. The summed E-state index contributed by atoms with van der Waals surface area (Å²) in [7, 11) is 0. The number of amides is 1. The second kappa shape index (κ2) is 5.36. The van der Waals surface area contributed by atoms with Gasteiger partial charge in [-0.2, -0.15) is 0 Å². The number of carbonyl (C=O) groups excluding carboxylic acids is 1. The summed E-state index contributed by atoms with van der Waals surface area (Å²) in [5.41, 5.74) is -0.420. The zero-order chi connectivity index (χ0) is 14.8. The van der Waals surface area contributed by atoms with Crippen molar-refractivity contribution < 1.29 is 13.6 Å². The van der Waals surface area contributed by atoms with Crippen LogP contribution in [0.2, 0.25) is 0 Å². The SMILES string of the molecule is CC(C)(C(=O)Nc1ccncc1F)c1cccc(F)c1.